The van der Waals surface area contributed by atoms with Crippen molar-refractivity contribution in [2.45, 2.75) is 103 Å². The van der Waals surface area contributed by atoms with E-state index in [9.17, 15) is 36.6 Å². The van der Waals surface area contributed by atoms with Crippen molar-refractivity contribution in [1.82, 2.24) is 4.72 Å². The first-order valence-corrected chi connectivity index (χ1v) is 19.5. The van der Waals surface area contributed by atoms with Crippen molar-refractivity contribution in [2.24, 2.45) is 52.3 Å². The van der Waals surface area contributed by atoms with Gasteiger partial charge in [-0.25, -0.2) is 17.9 Å². The average Bonchev–Trinajstić information content (AvgIpc) is 3.41. The number of hydrogen-bond donors (Lipinski definition) is 3. The smallest absolute Gasteiger partial charge is 0.449 e. The molecule has 0 aliphatic heterocycles. The Bertz CT molecular complexity index is 1630. The Labute approximate surface area is 293 Å². The number of carbonyl (C=O) groups excluding carboxylic acids is 1. The Hall–Kier alpha value is -2.83. The second-order valence-corrected chi connectivity index (χ2v) is 17.6. The molecule has 2 aromatic carbocycles. The summed E-state index contributed by atoms with van der Waals surface area (Å²) in [5, 5.41) is 22.5. The molecule has 0 radical (unpaired) electrons. The van der Waals surface area contributed by atoms with Gasteiger partial charge in [0.1, 0.15) is 5.75 Å². The van der Waals surface area contributed by atoms with Crippen LogP contribution in [0.2, 0.25) is 0 Å². The van der Waals surface area contributed by atoms with E-state index in [2.05, 4.69) is 32.4 Å². The lowest BCUT2D eigenvalue weighted by Crippen LogP contribution is -2.62. The molecule has 1 amide bonds. The summed E-state index contributed by atoms with van der Waals surface area (Å²) in [5.41, 5.74) is 1.20. The van der Waals surface area contributed by atoms with Gasteiger partial charge >= 0.3 is 12.5 Å². The number of benzene rings is 2. The molecular weight excluding hydrogens is 671 g/mol. The van der Waals surface area contributed by atoms with E-state index in [4.69, 9.17) is 4.74 Å². The second kappa shape index (κ2) is 13.6. The molecule has 12 heteroatoms. The Morgan fingerprint density at radius 2 is 1.52 bits per heavy atom. The van der Waals surface area contributed by atoms with Crippen LogP contribution in [0.15, 0.2) is 53.4 Å². The van der Waals surface area contributed by atoms with Crippen LogP contribution in [0.5, 0.6) is 5.75 Å². The van der Waals surface area contributed by atoms with E-state index in [1.54, 1.807) is 0 Å². The van der Waals surface area contributed by atoms with Gasteiger partial charge in [-0.2, -0.15) is 0 Å². The van der Waals surface area contributed by atoms with Gasteiger partial charge in [-0.1, -0.05) is 58.4 Å². The minimum atomic E-state index is -4.80. The van der Waals surface area contributed by atoms with Crippen LogP contribution >= 0.6 is 0 Å². The molecule has 0 spiro atoms. The Morgan fingerprint density at radius 3 is 2.14 bits per heavy atom. The van der Waals surface area contributed by atoms with Gasteiger partial charge in [0.05, 0.1) is 23.7 Å². The summed E-state index contributed by atoms with van der Waals surface area (Å²) in [6, 6.07) is 10.8. The van der Waals surface area contributed by atoms with E-state index in [-0.39, 0.29) is 57.9 Å². The van der Waals surface area contributed by atoms with E-state index < -0.39 is 28.6 Å². The van der Waals surface area contributed by atoms with E-state index in [1.165, 1.54) is 48.5 Å². The fraction of sp³-hybridized carbons (Fsp3) is 0.658. The molecule has 0 unspecified atom stereocenters. The largest absolute Gasteiger partial charge is 0.573 e. The molecular formula is C38H50F3NO7S. The van der Waals surface area contributed by atoms with Crippen molar-refractivity contribution in [2.75, 3.05) is 6.61 Å². The van der Waals surface area contributed by atoms with E-state index in [0.29, 0.717) is 28.9 Å². The first kappa shape index (κ1) is 36.9. The third kappa shape index (κ3) is 6.88. The van der Waals surface area contributed by atoms with Crippen molar-refractivity contribution in [3.63, 3.8) is 0 Å². The molecule has 2 aromatic rings. The van der Waals surface area contributed by atoms with Crippen LogP contribution in [0.1, 0.15) is 79.1 Å². The van der Waals surface area contributed by atoms with Crippen molar-refractivity contribution in [3.05, 3.63) is 48.5 Å². The van der Waals surface area contributed by atoms with E-state index in [1.807, 2.05) is 4.72 Å². The van der Waals surface area contributed by atoms with Crippen molar-refractivity contribution in [3.8, 4) is 16.9 Å². The topological polar surface area (TPSA) is 122 Å². The van der Waals surface area contributed by atoms with Gasteiger partial charge in [-0.3, -0.25) is 0 Å². The SMILES string of the molecule is CC[C@H]1[C@@H](O)[C@@H]2[C@H](CC[C@]3(C)[C@@H]([C@H](C)COC(=O)NS(=O)(=O)c4ccc(-c5ccc(OC(F)(F)F)cc5)cc4)CC[C@@H]23)[C@@]2(C)CC[C@@H](O)C[C@@H]12. The lowest BCUT2D eigenvalue weighted by Gasteiger charge is -2.64. The lowest BCUT2D eigenvalue weighted by atomic mass is 9.41. The standard InChI is InChI=1S/C38H50F3NO7S/c1-5-28-32-20-25(43)16-18-37(32,4)31-17-19-36(3)29(14-15-30(36)33(31)34(28)44)22(2)21-48-35(45)42-50(46,47)27-12-8-24(9-13-27)23-6-10-26(11-7-23)49-38(39,40)41/h6-13,22,25,28-34,43-44H,5,14-21H2,1-4H3,(H,42,45)/t22-,25-,28-,29-,30+,31+,32+,33+,34-,36-,37-/m1/s1. The molecule has 3 N–H and O–H groups in total. The summed E-state index contributed by atoms with van der Waals surface area (Å²) in [6.45, 7) is 9.04. The van der Waals surface area contributed by atoms with E-state index >= 15 is 0 Å². The average molecular weight is 722 g/mol. The highest BCUT2D eigenvalue weighted by molar-refractivity contribution is 7.90. The van der Waals surface area contributed by atoms with Gasteiger partial charge in [0.25, 0.3) is 10.0 Å². The summed E-state index contributed by atoms with van der Waals surface area (Å²) in [7, 11) is -4.24. The van der Waals surface area contributed by atoms with Crippen molar-refractivity contribution < 1.29 is 46.1 Å². The molecule has 0 saturated heterocycles. The highest BCUT2D eigenvalue weighted by Gasteiger charge is 2.65. The molecule has 8 nitrogen and oxygen atoms in total. The van der Waals surface area contributed by atoms with Gasteiger partial charge in [0.2, 0.25) is 0 Å². The summed E-state index contributed by atoms with van der Waals surface area (Å²) < 4.78 is 74.8. The zero-order valence-corrected chi connectivity index (χ0v) is 30.0. The normalized spacial score (nSPS) is 36.0. The zero-order chi connectivity index (χ0) is 36.2. The molecule has 276 valence electrons. The maximum Gasteiger partial charge on any atom is 0.573 e. The number of hydrogen-bond acceptors (Lipinski definition) is 7. The first-order chi connectivity index (χ1) is 23.5. The van der Waals surface area contributed by atoms with Gasteiger partial charge < -0.3 is 19.7 Å². The predicted octanol–water partition coefficient (Wildman–Crippen LogP) is 7.93. The maximum atomic E-state index is 13.0. The molecule has 4 aliphatic carbocycles. The molecule has 6 rings (SSSR count). The Balaban J connectivity index is 1.06. The predicted molar refractivity (Wildman–Crippen MR) is 181 cm³/mol. The fourth-order valence-electron chi connectivity index (χ4n) is 11.1. The summed E-state index contributed by atoms with van der Waals surface area (Å²) in [4.78, 5) is 12.6. The molecule has 50 heavy (non-hydrogen) atoms. The number of carbonyl (C=O) groups is 1. The number of halogens is 3. The maximum absolute atomic E-state index is 13.0. The molecule has 0 bridgehead atoms. The quantitative estimate of drug-likeness (QED) is 0.253. The van der Waals surface area contributed by atoms with Crippen LogP contribution in [-0.2, 0) is 14.8 Å². The van der Waals surface area contributed by atoms with Gasteiger partial charge in [0.15, 0.2) is 0 Å². The number of fused-ring (bicyclic) bond motifs is 5. The number of aliphatic hydroxyl groups excluding tert-OH is 2. The fourth-order valence-corrected chi connectivity index (χ4v) is 12.0. The minimum absolute atomic E-state index is 0.0157. The zero-order valence-electron chi connectivity index (χ0n) is 29.2. The summed E-state index contributed by atoms with van der Waals surface area (Å²) in [5.74, 6) is 1.36. The summed E-state index contributed by atoms with van der Waals surface area (Å²) >= 11 is 0. The third-order valence-corrected chi connectivity index (χ3v) is 14.8. The summed E-state index contributed by atoms with van der Waals surface area (Å²) in [6.07, 6.45) is 0.992. The number of amides is 1. The molecule has 11 atom stereocenters. The lowest BCUT2D eigenvalue weighted by molar-refractivity contribution is -0.274. The molecule has 0 aromatic heterocycles. The number of nitrogens with one attached hydrogen (secondary N) is 1. The van der Waals surface area contributed by atoms with Gasteiger partial charge in [0, 0.05) is 0 Å². The minimum Gasteiger partial charge on any atom is -0.449 e. The number of ether oxygens (including phenoxy) is 2. The second-order valence-electron chi connectivity index (χ2n) is 15.9. The highest BCUT2D eigenvalue weighted by Crippen LogP contribution is 2.69. The number of aliphatic hydroxyl groups is 2. The van der Waals surface area contributed by atoms with Crippen LogP contribution < -0.4 is 9.46 Å². The van der Waals surface area contributed by atoms with Crippen molar-refractivity contribution in [1.29, 1.82) is 0 Å². The van der Waals surface area contributed by atoms with Crippen LogP contribution in [0, 0.1) is 52.3 Å². The molecule has 4 fully saturated rings. The van der Waals surface area contributed by atoms with E-state index in [0.717, 1.165) is 51.4 Å². The molecule has 4 saturated carbocycles. The monoisotopic (exact) mass is 721 g/mol. The van der Waals surface area contributed by atoms with Crippen LogP contribution in [0.25, 0.3) is 11.1 Å². The van der Waals surface area contributed by atoms with Crippen LogP contribution in [0.4, 0.5) is 18.0 Å². The molecule has 4 aliphatic rings. The number of sulfonamides is 1. The molecule has 0 heterocycles. The van der Waals surface area contributed by atoms with Crippen LogP contribution in [-0.4, -0.2) is 49.9 Å². The van der Waals surface area contributed by atoms with Crippen molar-refractivity contribution >= 4 is 16.1 Å². The highest BCUT2D eigenvalue weighted by atomic mass is 32.2. The van der Waals surface area contributed by atoms with Gasteiger partial charge in [-0.05, 0) is 133 Å². The first-order valence-electron chi connectivity index (χ1n) is 18.0. The van der Waals surface area contributed by atoms with Gasteiger partial charge in [-0.15, -0.1) is 13.2 Å². The third-order valence-electron chi connectivity index (χ3n) is 13.4. The number of alkyl halides is 3. The number of rotatable bonds is 8. The Morgan fingerprint density at radius 1 is 0.920 bits per heavy atom. The van der Waals surface area contributed by atoms with Crippen LogP contribution in [0.3, 0.4) is 0 Å². The Kier molecular flexibility index (Phi) is 10.1.